The summed E-state index contributed by atoms with van der Waals surface area (Å²) in [5.74, 6) is -0.193. The summed E-state index contributed by atoms with van der Waals surface area (Å²) in [5.41, 5.74) is 5.35. The fourth-order valence-electron chi connectivity index (χ4n) is 5.84. The van der Waals surface area contributed by atoms with Gasteiger partial charge in [-0.1, -0.05) is 180 Å². The maximum Gasteiger partial charge on any atom is 0.472 e. The average Bonchev–Trinajstić information content (AvgIpc) is 3.05. The highest BCUT2D eigenvalue weighted by Gasteiger charge is 2.26. The molecule has 0 rings (SSSR count). The first-order chi connectivity index (χ1) is 22.9. The van der Waals surface area contributed by atoms with Crippen LogP contribution in [0.1, 0.15) is 194 Å². The fraction of sp³-hybridized carbons (Fsp3) is 0.921. The molecule has 0 heterocycles. The molecule has 1 amide bonds. The van der Waals surface area contributed by atoms with Gasteiger partial charge in [-0.15, -0.1) is 0 Å². The lowest BCUT2D eigenvalue weighted by Crippen LogP contribution is -2.45. The molecule has 0 aliphatic carbocycles. The second-order valence-electron chi connectivity index (χ2n) is 13.5. The third-order valence-corrected chi connectivity index (χ3v) is 9.85. The normalized spacial score (nSPS) is 14.4. The van der Waals surface area contributed by atoms with Crippen molar-refractivity contribution in [3.8, 4) is 0 Å². The minimum Gasteiger partial charge on any atom is -0.387 e. The van der Waals surface area contributed by atoms with Crippen molar-refractivity contribution >= 4 is 13.7 Å². The molecule has 280 valence electrons. The van der Waals surface area contributed by atoms with E-state index in [1.54, 1.807) is 6.08 Å². The van der Waals surface area contributed by atoms with Crippen LogP contribution < -0.4 is 11.1 Å². The van der Waals surface area contributed by atoms with Gasteiger partial charge in [-0.2, -0.15) is 0 Å². The Balaban J connectivity index is 4.20. The van der Waals surface area contributed by atoms with Crippen LogP contribution in [0.4, 0.5) is 0 Å². The third-order valence-electron chi connectivity index (χ3n) is 8.86. The van der Waals surface area contributed by atoms with E-state index in [9.17, 15) is 19.4 Å². The lowest BCUT2D eigenvalue weighted by molar-refractivity contribution is -0.123. The highest BCUT2D eigenvalue weighted by Crippen LogP contribution is 2.43. The van der Waals surface area contributed by atoms with E-state index in [-0.39, 0.29) is 25.7 Å². The Morgan fingerprint density at radius 2 is 1.09 bits per heavy atom. The topological polar surface area (TPSA) is 131 Å². The molecular formula is C38H77N2O6P. The summed E-state index contributed by atoms with van der Waals surface area (Å²) in [5, 5.41) is 13.6. The molecule has 8 nitrogen and oxygen atoms in total. The van der Waals surface area contributed by atoms with Gasteiger partial charge in [0.15, 0.2) is 0 Å². The number of hydrogen-bond acceptors (Lipinski definition) is 6. The highest BCUT2D eigenvalue weighted by atomic mass is 31.2. The number of phosphoric acid groups is 1. The van der Waals surface area contributed by atoms with Gasteiger partial charge in [0.1, 0.15) is 0 Å². The fourth-order valence-corrected chi connectivity index (χ4v) is 6.60. The number of aliphatic hydroxyl groups is 1. The molecule has 0 saturated carbocycles. The molecule has 0 aromatic heterocycles. The quantitative estimate of drug-likeness (QED) is 0.0290. The number of nitrogens with one attached hydrogen (secondary N) is 1. The van der Waals surface area contributed by atoms with Crippen molar-refractivity contribution in [1.82, 2.24) is 5.32 Å². The molecule has 0 fully saturated rings. The van der Waals surface area contributed by atoms with Crippen molar-refractivity contribution in [2.45, 2.75) is 206 Å². The Bertz CT molecular complexity index is 754. The zero-order chi connectivity index (χ0) is 34.7. The van der Waals surface area contributed by atoms with E-state index in [0.29, 0.717) is 6.42 Å². The van der Waals surface area contributed by atoms with Gasteiger partial charge in [-0.25, -0.2) is 4.57 Å². The number of unbranched alkanes of at least 4 members (excludes halogenated alkanes) is 25. The number of carbonyl (C=O) groups is 1. The van der Waals surface area contributed by atoms with Crippen LogP contribution in [-0.4, -0.2) is 47.8 Å². The van der Waals surface area contributed by atoms with Crippen molar-refractivity contribution < 1.29 is 28.4 Å². The predicted octanol–water partition coefficient (Wildman–Crippen LogP) is 10.4. The molecular weight excluding hydrogens is 611 g/mol. The van der Waals surface area contributed by atoms with Crippen LogP contribution in [0.25, 0.3) is 0 Å². The first-order valence-electron chi connectivity index (χ1n) is 19.8. The van der Waals surface area contributed by atoms with Crippen LogP contribution in [0.15, 0.2) is 12.2 Å². The summed E-state index contributed by atoms with van der Waals surface area (Å²) in [6, 6.07) is -0.852. The van der Waals surface area contributed by atoms with Gasteiger partial charge in [0.25, 0.3) is 0 Å². The highest BCUT2D eigenvalue weighted by molar-refractivity contribution is 7.47. The number of nitrogens with two attached hydrogens (primary N) is 1. The number of allylic oxidation sites excluding steroid dienone is 1. The molecule has 3 unspecified atom stereocenters. The van der Waals surface area contributed by atoms with Gasteiger partial charge >= 0.3 is 7.82 Å². The van der Waals surface area contributed by atoms with E-state index in [1.807, 2.05) is 6.08 Å². The largest absolute Gasteiger partial charge is 0.472 e. The summed E-state index contributed by atoms with van der Waals surface area (Å²) in [6.07, 6.45) is 36.8. The minimum absolute atomic E-state index is 0.0810. The van der Waals surface area contributed by atoms with E-state index in [1.165, 1.54) is 135 Å². The summed E-state index contributed by atoms with van der Waals surface area (Å²) < 4.78 is 22.0. The maximum atomic E-state index is 12.7. The monoisotopic (exact) mass is 689 g/mol. The summed E-state index contributed by atoms with van der Waals surface area (Å²) in [6.45, 7) is 4.13. The first-order valence-corrected chi connectivity index (χ1v) is 21.3. The maximum absolute atomic E-state index is 12.7. The second-order valence-corrected chi connectivity index (χ2v) is 15.0. The second kappa shape index (κ2) is 35.1. The zero-order valence-corrected chi connectivity index (χ0v) is 31.7. The number of carbonyl (C=O) groups excluding carboxylic acids is 1. The average molecular weight is 689 g/mol. The van der Waals surface area contributed by atoms with Gasteiger partial charge in [-0.05, 0) is 19.3 Å². The Kier molecular flexibility index (Phi) is 34.5. The SMILES string of the molecule is CCCCCCCCCCC/C=C/C(O)C(COP(=O)(O)OCCN)NC(=O)CCCCCCCCCCCCCCCCCCC. The standard InChI is InChI=1S/C38H77N2O6P/c1-3-5-7-9-11-13-15-16-17-18-19-20-22-24-26-28-30-32-38(42)40-36(35-46-47(43,44)45-34-33-39)37(41)31-29-27-25-23-21-14-12-10-8-6-4-2/h29,31,36-37,41H,3-28,30,32-35,39H2,1-2H3,(H,40,42)(H,43,44)/b31-29+. The molecule has 0 aromatic rings. The number of hydrogen-bond donors (Lipinski definition) is 4. The molecule has 0 aliphatic heterocycles. The Labute approximate surface area is 290 Å². The number of rotatable bonds is 37. The van der Waals surface area contributed by atoms with Crippen LogP contribution in [0.2, 0.25) is 0 Å². The molecule has 0 spiro atoms. The summed E-state index contributed by atoms with van der Waals surface area (Å²) in [4.78, 5) is 22.6. The molecule has 9 heteroatoms. The molecule has 0 radical (unpaired) electrons. The van der Waals surface area contributed by atoms with Crippen molar-refractivity contribution in [1.29, 1.82) is 0 Å². The zero-order valence-electron chi connectivity index (χ0n) is 30.8. The van der Waals surface area contributed by atoms with Crippen molar-refractivity contribution in [3.05, 3.63) is 12.2 Å². The van der Waals surface area contributed by atoms with Crippen LogP contribution >= 0.6 is 7.82 Å². The van der Waals surface area contributed by atoms with E-state index in [0.717, 1.165) is 38.5 Å². The summed E-state index contributed by atoms with van der Waals surface area (Å²) >= 11 is 0. The van der Waals surface area contributed by atoms with Gasteiger partial charge in [0.2, 0.25) is 5.91 Å². The lowest BCUT2D eigenvalue weighted by Gasteiger charge is -2.23. The van der Waals surface area contributed by atoms with Gasteiger partial charge in [0.05, 0.1) is 25.4 Å². The van der Waals surface area contributed by atoms with E-state index in [2.05, 4.69) is 19.2 Å². The number of amides is 1. The molecule has 0 bridgehead atoms. The van der Waals surface area contributed by atoms with Crippen molar-refractivity contribution in [3.63, 3.8) is 0 Å². The van der Waals surface area contributed by atoms with Crippen LogP contribution in [0.5, 0.6) is 0 Å². The van der Waals surface area contributed by atoms with Crippen LogP contribution in [-0.2, 0) is 18.4 Å². The van der Waals surface area contributed by atoms with Gasteiger partial charge < -0.3 is 21.1 Å². The molecule has 5 N–H and O–H groups in total. The smallest absolute Gasteiger partial charge is 0.387 e. The number of aliphatic hydroxyl groups excluding tert-OH is 1. The van der Waals surface area contributed by atoms with Gasteiger partial charge in [0, 0.05) is 13.0 Å². The minimum atomic E-state index is -4.33. The van der Waals surface area contributed by atoms with Crippen molar-refractivity contribution in [2.75, 3.05) is 19.8 Å². The Morgan fingerprint density at radius 3 is 1.51 bits per heavy atom. The van der Waals surface area contributed by atoms with E-state index >= 15 is 0 Å². The molecule has 0 aliphatic rings. The number of phosphoric ester groups is 1. The molecule has 3 atom stereocenters. The van der Waals surface area contributed by atoms with E-state index < -0.39 is 20.0 Å². The van der Waals surface area contributed by atoms with Crippen LogP contribution in [0, 0.1) is 0 Å². The Hall–Kier alpha value is -0.760. The molecule has 0 aromatic carbocycles. The summed E-state index contributed by atoms with van der Waals surface area (Å²) in [7, 11) is -4.33. The molecule has 47 heavy (non-hydrogen) atoms. The lowest BCUT2D eigenvalue weighted by atomic mass is 10.0. The third kappa shape index (κ3) is 33.5. The predicted molar refractivity (Wildman–Crippen MR) is 198 cm³/mol. The van der Waals surface area contributed by atoms with Crippen molar-refractivity contribution in [2.24, 2.45) is 5.73 Å². The van der Waals surface area contributed by atoms with Gasteiger partial charge in [-0.3, -0.25) is 13.8 Å². The van der Waals surface area contributed by atoms with Crippen LogP contribution in [0.3, 0.4) is 0 Å². The van der Waals surface area contributed by atoms with E-state index in [4.69, 9.17) is 14.8 Å². The Morgan fingerprint density at radius 1 is 0.681 bits per heavy atom. The first kappa shape index (κ1) is 46.2. The molecule has 0 saturated heterocycles.